The van der Waals surface area contributed by atoms with Crippen LogP contribution < -0.4 is 0 Å². The molecule has 1 aliphatic heterocycles. The number of hydrogen-bond acceptors (Lipinski definition) is 2. The highest BCUT2D eigenvalue weighted by Gasteiger charge is 2.33. The van der Waals surface area contributed by atoms with Crippen LogP contribution in [-0.2, 0) is 0 Å². The van der Waals surface area contributed by atoms with Crippen LogP contribution in [0.4, 0.5) is 0 Å². The lowest BCUT2D eigenvalue weighted by Crippen LogP contribution is -2.47. The molecule has 17 heavy (non-hydrogen) atoms. The average molecular weight is 235 g/mol. The van der Waals surface area contributed by atoms with Crippen LogP contribution in [0.15, 0.2) is 12.4 Å². The Kier molecular flexibility index (Phi) is 3.30. The summed E-state index contributed by atoms with van der Waals surface area (Å²) in [6.45, 7) is 10.3. The summed E-state index contributed by atoms with van der Waals surface area (Å²) in [5.41, 5.74) is 1.63. The summed E-state index contributed by atoms with van der Waals surface area (Å²) in [4.78, 5) is 2.45. The number of aromatic nitrogens is 2. The Morgan fingerprint density at radius 1 is 1.41 bits per heavy atom. The van der Waals surface area contributed by atoms with Crippen molar-refractivity contribution in [2.75, 3.05) is 13.6 Å². The van der Waals surface area contributed by atoms with Gasteiger partial charge in [-0.2, -0.15) is 5.10 Å². The smallest absolute Gasteiger partial charge is 0.0548 e. The van der Waals surface area contributed by atoms with Crippen molar-refractivity contribution in [3.05, 3.63) is 18.0 Å². The van der Waals surface area contributed by atoms with Gasteiger partial charge in [0.05, 0.1) is 12.2 Å². The fourth-order valence-corrected chi connectivity index (χ4v) is 2.56. The van der Waals surface area contributed by atoms with Crippen LogP contribution in [0.2, 0.25) is 0 Å². The van der Waals surface area contributed by atoms with Gasteiger partial charge in [-0.1, -0.05) is 13.8 Å². The van der Waals surface area contributed by atoms with Crippen LogP contribution in [-0.4, -0.2) is 33.8 Å². The van der Waals surface area contributed by atoms with E-state index in [4.69, 9.17) is 0 Å². The molecule has 0 amide bonds. The van der Waals surface area contributed by atoms with Gasteiger partial charge in [0.25, 0.3) is 0 Å². The Morgan fingerprint density at radius 3 is 2.65 bits per heavy atom. The van der Waals surface area contributed by atoms with E-state index in [1.54, 1.807) is 0 Å². The van der Waals surface area contributed by atoms with Gasteiger partial charge >= 0.3 is 0 Å². The third-order valence-corrected chi connectivity index (χ3v) is 4.23. The first-order valence-electron chi connectivity index (χ1n) is 6.65. The Balaban J connectivity index is 2.12. The average Bonchev–Trinajstić information content (AvgIpc) is 2.71. The molecular weight excluding hydrogens is 210 g/mol. The minimum Gasteiger partial charge on any atom is -0.301 e. The van der Waals surface area contributed by atoms with Crippen molar-refractivity contribution in [1.29, 1.82) is 0 Å². The van der Waals surface area contributed by atoms with Crippen molar-refractivity contribution >= 4 is 0 Å². The zero-order valence-corrected chi connectivity index (χ0v) is 11.8. The summed E-state index contributed by atoms with van der Waals surface area (Å²) >= 11 is 0. The molecule has 2 rings (SSSR count). The van der Waals surface area contributed by atoms with Crippen LogP contribution >= 0.6 is 0 Å². The molecule has 1 saturated heterocycles. The number of hydrogen-bond donors (Lipinski definition) is 0. The third kappa shape index (κ3) is 2.54. The molecule has 0 saturated carbocycles. The van der Waals surface area contributed by atoms with Gasteiger partial charge < -0.3 is 4.90 Å². The molecule has 0 aromatic carbocycles. The summed E-state index contributed by atoms with van der Waals surface area (Å²) in [7, 11) is 2.22. The first-order valence-corrected chi connectivity index (χ1v) is 6.65. The third-order valence-electron chi connectivity index (χ3n) is 4.23. The second kappa shape index (κ2) is 4.45. The maximum atomic E-state index is 4.55. The number of nitrogens with zero attached hydrogens (tertiary/aromatic N) is 3. The lowest BCUT2D eigenvalue weighted by Gasteiger charge is -2.43. The fourth-order valence-electron chi connectivity index (χ4n) is 2.56. The summed E-state index contributed by atoms with van der Waals surface area (Å²) in [5.74, 6) is 0.572. The van der Waals surface area contributed by atoms with Gasteiger partial charge in [-0.15, -0.1) is 0 Å². The van der Waals surface area contributed by atoms with Crippen molar-refractivity contribution in [2.45, 2.75) is 58.0 Å². The predicted octanol–water partition coefficient (Wildman–Crippen LogP) is 3.05. The molecular formula is C14H25N3. The first kappa shape index (κ1) is 12.6. The fraction of sp³-hybridized carbons (Fsp3) is 0.786. The van der Waals surface area contributed by atoms with Gasteiger partial charge in [0.1, 0.15) is 0 Å². The zero-order chi connectivity index (χ0) is 12.6. The number of rotatable bonds is 2. The van der Waals surface area contributed by atoms with Crippen molar-refractivity contribution in [3.8, 4) is 0 Å². The van der Waals surface area contributed by atoms with E-state index < -0.39 is 0 Å². The molecule has 1 atom stereocenters. The van der Waals surface area contributed by atoms with E-state index in [1.807, 2.05) is 6.20 Å². The van der Waals surface area contributed by atoms with Crippen LogP contribution in [0, 0.1) is 0 Å². The molecule has 0 spiro atoms. The Morgan fingerprint density at radius 2 is 2.12 bits per heavy atom. The molecule has 3 nitrogen and oxygen atoms in total. The first-order chi connectivity index (χ1) is 7.90. The minimum absolute atomic E-state index is 0.285. The molecule has 1 fully saturated rings. The van der Waals surface area contributed by atoms with Crippen LogP contribution in [0.5, 0.6) is 0 Å². The minimum atomic E-state index is 0.285. The summed E-state index contributed by atoms with van der Waals surface area (Å²) in [6, 6.07) is 0.564. The normalized spacial score (nSPS) is 25.4. The van der Waals surface area contributed by atoms with Crippen molar-refractivity contribution in [2.24, 2.45) is 0 Å². The van der Waals surface area contributed by atoms with E-state index >= 15 is 0 Å². The lowest BCUT2D eigenvalue weighted by molar-refractivity contribution is 0.0718. The summed E-state index contributed by atoms with van der Waals surface area (Å²) < 4.78 is 2.18. The van der Waals surface area contributed by atoms with Crippen molar-refractivity contribution in [1.82, 2.24) is 14.7 Å². The number of likely N-dealkylation sites (tertiary alicyclic amines) is 1. The second-order valence-corrected chi connectivity index (χ2v) is 6.29. The van der Waals surface area contributed by atoms with Gasteiger partial charge in [-0.05, 0) is 45.2 Å². The van der Waals surface area contributed by atoms with E-state index in [1.165, 1.54) is 18.4 Å². The van der Waals surface area contributed by atoms with E-state index in [0.29, 0.717) is 12.0 Å². The Labute approximate surface area is 105 Å². The molecule has 96 valence electrons. The molecule has 1 aromatic rings. The van der Waals surface area contributed by atoms with Crippen LogP contribution in [0.1, 0.15) is 58.1 Å². The van der Waals surface area contributed by atoms with Crippen molar-refractivity contribution < 1.29 is 0 Å². The Bertz CT molecular complexity index is 379. The molecule has 0 unspecified atom stereocenters. The highest BCUT2D eigenvalue weighted by Crippen LogP contribution is 2.33. The van der Waals surface area contributed by atoms with E-state index in [-0.39, 0.29) is 5.54 Å². The van der Waals surface area contributed by atoms with Crippen LogP contribution in [0.3, 0.4) is 0 Å². The van der Waals surface area contributed by atoms with Gasteiger partial charge in [-0.3, -0.25) is 4.68 Å². The van der Waals surface area contributed by atoms with E-state index in [0.717, 1.165) is 6.54 Å². The van der Waals surface area contributed by atoms with Gasteiger partial charge in [-0.25, -0.2) is 0 Å². The molecule has 2 heterocycles. The second-order valence-electron chi connectivity index (χ2n) is 6.29. The summed E-state index contributed by atoms with van der Waals surface area (Å²) in [5, 5.41) is 4.55. The highest BCUT2D eigenvalue weighted by molar-refractivity contribution is 5.09. The van der Waals surface area contributed by atoms with E-state index in [2.05, 4.69) is 55.6 Å². The van der Waals surface area contributed by atoms with E-state index in [9.17, 15) is 0 Å². The standard InChI is InChI=1S/C14H25N3/c1-11(2)12-9-15-17(10-12)13-6-7-16(5)14(3,4)8-13/h9-11,13H,6-8H2,1-5H3/t13-/m1/s1. The molecule has 1 aliphatic rings. The quantitative estimate of drug-likeness (QED) is 0.785. The van der Waals surface area contributed by atoms with Crippen LogP contribution in [0.25, 0.3) is 0 Å². The molecule has 0 radical (unpaired) electrons. The monoisotopic (exact) mass is 235 g/mol. The molecule has 0 N–H and O–H groups in total. The number of piperidine rings is 1. The topological polar surface area (TPSA) is 21.1 Å². The SMILES string of the molecule is CC(C)c1cnn([C@@H]2CCN(C)C(C)(C)C2)c1. The van der Waals surface area contributed by atoms with Gasteiger partial charge in [0, 0.05) is 18.3 Å². The molecule has 0 aliphatic carbocycles. The maximum absolute atomic E-state index is 4.55. The molecule has 1 aromatic heterocycles. The van der Waals surface area contributed by atoms with Gasteiger partial charge in [0.15, 0.2) is 0 Å². The molecule has 0 bridgehead atoms. The zero-order valence-electron chi connectivity index (χ0n) is 11.8. The maximum Gasteiger partial charge on any atom is 0.0548 e. The lowest BCUT2D eigenvalue weighted by atomic mass is 9.87. The van der Waals surface area contributed by atoms with Gasteiger partial charge in [0.2, 0.25) is 0 Å². The summed E-state index contributed by atoms with van der Waals surface area (Å²) in [6.07, 6.45) is 6.65. The van der Waals surface area contributed by atoms with Crippen molar-refractivity contribution in [3.63, 3.8) is 0 Å². The molecule has 3 heteroatoms. The highest BCUT2D eigenvalue weighted by atomic mass is 15.3. The Hall–Kier alpha value is -0.830. The predicted molar refractivity (Wildman–Crippen MR) is 71.3 cm³/mol. The largest absolute Gasteiger partial charge is 0.301 e.